The van der Waals surface area contributed by atoms with Crippen molar-refractivity contribution in [2.24, 2.45) is 0 Å². The minimum absolute atomic E-state index is 0.0947. The number of Topliss-reactive ketones (excluding diaryl/α,β-unsaturated/α-hetero) is 1. The molecule has 2 aromatic carbocycles. The van der Waals surface area contributed by atoms with Gasteiger partial charge in [0.05, 0.1) is 25.8 Å². The quantitative estimate of drug-likeness (QED) is 0.209. The van der Waals surface area contributed by atoms with Gasteiger partial charge in [-0.3, -0.25) is 9.59 Å². The smallest absolute Gasteiger partial charge is 0.295 e. The molecule has 0 saturated carbocycles. The van der Waals surface area contributed by atoms with Crippen LogP contribution in [0.3, 0.4) is 0 Å². The summed E-state index contributed by atoms with van der Waals surface area (Å²) in [4.78, 5) is 30.6. The van der Waals surface area contributed by atoms with Gasteiger partial charge >= 0.3 is 0 Å². The Kier molecular flexibility index (Phi) is 10.6. The third kappa shape index (κ3) is 6.92. The van der Waals surface area contributed by atoms with Gasteiger partial charge in [0.15, 0.2) is 0 Å². The third-order valence-corrected chi connectivity index (χ3v) is 6.84. The summed E-state index contributed by atoms with van der Waals surface area (Å²) in [7, 11) is 3.14. The third-order valence-electron chi connectivity index (χ3n) is 6.84. The highest BCUT2D eigenvalue weighted by molar-refractivity contribution is 6.46. The number of amides is 1. The Hall–Kier alpha value is -3.32. The molecule has 0 radical (unpaired) electrons. The van der Waals surface area contributed by atoms with E-state index in [2.05, 4.69) is 18.7 Å². The first kappa shape index (κ1) is 28.3. The highest BCUT2D eigenvalue weighted by Crippen LogP contribution is 2.40. The molecule has 0 spiro atoms. The van der Waals surface area contributed by atoms with Gasteiger partial charge in [0.2, 0.25) is 0 Å². The summed E-state index contributed by atoms with van der Waals surface area (Å²) in [5.41, 5.74) is 1.27. The number of unbranched alkanes of at least 4 members (excludes halogenated alkanes) is 2. The molecule has 0 bridgehead atoms. The summed E-state index contributed by atoms with van der Waals surface area (Å²) in [6.07, 6.45) is 5.29. The maximum absolute atomic E-state index is 13.3. The van der Waals surface area contributed by atoms with E-state index in [0.717, 1.165) is 57.3 Å². The summed E-state index contributed by atoms with van der Waals surface area (Å²) < 4.78 is 10.6. The molecule has 2 aromatic rings. The molecule has 1 atom stereocenters. The minimum Gasteiger partial charge on any atom is -0.507 e. The predicted molar refractivity (Wildman–Crippen MR) is 146 cm³/mol. The first-order chi connectivity index (χ1) is 17.9. The van der Waals surface area contributed by atoms with Gasteiger partial charge in [0.1, 0.15) is 17.3 Å². The van der Waals surface area contributed by atoms with E-state index in [4.69, 9.17) is 9.47 Å². The molecule has 1 fully saturated rings. The summed E-state index contributed by atoms with van der Waals surface area (Å²) >= 11 is 0. The minimum atomic E-state index is -0.697. The number of likely N-dealkylation sites (tertiary alicyclic amines) is 1. The average Bonchev–Trinajstić information content (AvgIpc) is 3.18. The summed E-state index contributed by atoms with van der Waals surface area (Å²) in [6.45, 7) is 7.72. The number of hydrogen-bond donors (Lipinski definition) is 1. The van der Waals surface area contributed by atoms with Gasteiger partial charge in [-0.25, -0.2) is 0 Å². The number of benzene rings is 2. The molecule has 3 rings (SSSR count). The fraction of sp³-hybridized carbons (Fsp3) is 0.467. The lowest BCUT2D eigenvalue weighted by Crippen LogP contribution is -2.34. The molecule has 1 saturated heterocycles. The van der Waals surface area contributed by atoms with E-state index in [-0.39, 0.29) is 11.3 Å². The number of ketones is 1. The molecule has 0 aliphatic carbocycles. The van der Waals surface area contributed by atoms with Crippen molar-refractivity contribution in [2.45, 2.75) is 52.0 Å². The largest absolute Gasteiger partial charge is 0.507 e. The van der Waals surface area contributed by atoms with Gasteiger partial charge in [-0.2, -0.15) is 0 Å². The molecule has 1 heterocycles. The van der Waals surface area contributed by atoms with Crippen LogP contribution in [0.2, 0.25) is 0 Å². The van der Waals surface area contributed by atoms with Crippen LogP contribution >= 0.6 is 0 Å². The Morgan fingerprint density at radius 3 is 2.11 bits per heavy atom. The number of methoxy groups -OCH3 is 2. The van der Waals surface area contributed by atoms with Crippen molar-refractivity contribution in [1.29, 1.82) is 0 Å². The first-order valence-corrected chi connectivity index (χ1v) is 13.2. The van der Waals surface area contributed by atoms with Gasteiger partial charge in [-0.05, 0) is 80.9 Å². The number of hydrogen-bond acceptors (Lipinski definition) is 6. The zero-order valence-corrected chi connectivity index (χ0v) is 22.5. The fourth-order valence-corrected chi connectivity index (χ4v) is 4.74. The Morgan fingerprint density at radius 1 is 0.892 bits per heavy atom. The predicted octanol–water partition coefficient (Wildman–Crippen LogP) is 5.42. The molecule has 1 N–H and O–H groups in total. The average molecular weight is 509 g/mol. The Morgan fingerprint density at radius 2 is 1.51 bits per heavy atom. The highest BCUT2D eigenvalue weighted by Gasteiger charge is 2.45. The van der Waals surface area contributed by atoms with Crippen molar-refractivity contribution < 1.29 is 24.2 Å². The molecule has 7 heteroatoms. The van der Waals surface area contributed by atoms with Crippen LogP contribution in [0.25, 0.3) is 5.76 Å². The van der Waals surface area contributed by atoms with Crippen LogP contribution in [0.4, 0.5) is 0 Å². The number of carbonyl (C=O) groups excluding carboxylic acids is 2. The van der Waals surface area contributed by atoms with Crippen molar-refractivity contribution >= 4 is 17.4 Å². The van der Waals surface area contributed by atoms with Crippen molar-refractivity contribution in [2.75, 3.05) is 40.4 Å². The van der Waals surface area contributed by atoms with Gasteiger partial charge in [0.25, 0.3) is 11.7 Å². The number of aliphatic hydroxyl groups is 1. The second-order valence-corrected chi connectivity index (χ2v) is 9.40. The molecule has 1 amide bonds. The van der Waals surface area contributed by atoms with E-state index in [9.17, 15) is 14.7 Å². The lowest BCUT2D eigenvalue weighted by Gasteiger charge is -2.27. The van der Waals surface area contributed by atoms with E-state index in [1.54, 1.807) is 43.4 Å². The van der Waals surface area contributed by atoms with E-state index in [1.807, 2.05) is 24.3 Å². The van der Waals surface area contributed by atoms with E-state index in [1.165, 1.54) is 0 Å². The summed E-state index contributed by atoms with van der Waals surface area (Å²) in [5.74, 6) is -0.190. The van der Waals surface area contributed by atoms with Crippen molar-refractivity contribution in [3.8, 4) is 11.5 Å². The number of rotatable bonds is 14. The van der Waals surface area contributed by atoms with Crippen LogP contribution in [-0.4, -0.2) is 67.0 Å². The fourth-order valence-electron chi connectivity index (χ4n) is 4.74. The number of ether oxygens (including phenoxy) is 2. The van der Waals surface area contributed by atoms with Crippen LogP contribution in [-0.2, 0) is 9.59 Å². The van der Waals surface area contributed by atoms with Gasteiger partial charge in [-0.15, -0.1) is 0 Å². The van der Waals surface area contributed by atoms with Gasteiger partial charge in [0, 0.05) is 12.1 Å². The lowest BCUT2D eigenvalue weighted by molar-refractivity contribution is -0.140. The number of carbonyl (C=O) groups is 2. The van der Waals surface area contributed by atoms with Crippen LogP contribution in [0.5, 0.6) is 11.5 Å². The second-order valence-electron chi connectivity index (χ2n) is 9.40. The lowest BCUT2D eigenvalue weighted by atomic mass is 9.95. The zero-order chi connectivity index (χ0) is 26.8. The monoisotopic (exact) mass is 508 g/mol. The molecule has 1 aliphatic rings. The standard InChI is InChI=1S/C30H40N2O5/c1-5-7-17-31(18-8-6-2)19-10-20-32-27(23-11-9-12-25(21-23)37-4)26(29(34)30(32)35)28(33)22-13-15-24(36-3)16-14-22/h9,11-16,21,27,33H,5-8,10,17-20H2,1-4H3/b28-26-. The van der Waals surface area contributed by atoms with Crippen LogP contribution < -0.4 is 9.47 Å². The van der Waals surface area contributed by atoms with Gasteiger partial charge in [-0.1, -0.05) is 38.8 Å². The van der Waals surface area contributed by atoms with Crippen LogP contribution in [0, 0.1) is 0 Å². The molecule has 1 unspecified atom stereocenters. The first-order valence-electron chi connectivity index (χ1n) is 13.2. The second kappa shape index (κ2) is 13.8. The normalized spacial score (nSPS) is 17.0. The summed E-state index contributed by atoms with van der Waals surface area (Å²) in [5, 5.41) is 11.3. The van der Waals surface area contributed by atoms with Crippen LogP contribution in [0.15, 0.2) is 54.1 Å². The topological polar surface area (TPSA) is 79.3 Å². The molecule has 1 aliphatic heterocycles. The molecule has 0 aromatic heterocycles. The number of nitrogens with zero attached hydrogens (tertiary/aromatic N) is 2. The van der Waals surface area contributed by atoms with Crippen molar-refractivity contribution in [3.63, 3.8) is 0 Å². The Bertz CT molecular complexity index is 1070. The Balaban J connectivity index is 1.94. The zero-order valence-electron chi connectivity index (χ0n) is 22.5. The Labute approximate surface area is 220 Å². The van der Waals surface area contributed by atoms with E-state index in [0.29, 0.717) is 23.6 Å². The maximum atomic E-state index is 13.3. The van der Waals surface area contributed by atoms with Crippen molar-refractivity contribution in [3.05, 3.63) is 65.2 Å². The SMILES string of the molecule is CCCCN(CCCC)CCCN1C(=O)C(=O)/C(=C(\O)c2ccc(OC)cc2)C1c1cccc(OC)c1. The molecule has 7 nitrogen and oxygen atoms in total. The van der Waals surface area contributed by atoms with E-state index >= 15 is 0 Å². The maximum Gasteiger partial charge on any atom is 0.295 e. The van der Waals surface area contributed by atoms with Crippen LogP contribution in [0.1, 0.15) is 63.1 Å². The molecule has 200 valence electrons. The molecular weight excluding hydrogens is 468 g/mol. The van der Waals surface area contributed by atoms with E-state index < -0.39 is 17.7 Å². The van der Waals surface area contributed by atoms with Gasteiger partial charge < -0.3 is 24.4 Å². The number of aliphatic hydroxyl groups excluding tert-OH is 1. The molecule has 37 heavy (non-hydrogen) atoms. The summed E-state index contributed by atoms with van der Waals surface area (Å²) in [6, 6.07) is 13.4. The van der Waals surface area contributed by atoms with Crippen molar-refractivity contribution in [1.82, 2.24) is 9.80 Å². The molecular formula is C30H40N2O5. The highest BCUT2D eigenvalue weighted by atomic mass is 16.5.